The molecule has 0 bridgehead atoms. The van der Waals surface area contributed by atoms with Gasteiger partial charge in [-0.3, -0.25) is 4.79 Å². The summed E-state index contributed by atoms with van der Waals surface area (Å²) < 4.78 is 15.2. The molecule has 6 heteroatoms. The van der Waals surface area contributed by atoms with Crippen LogP contribution in [0.4, 0.5) is 10.1 Å². The molecule has 1 amide bonds. The van der Waals surface area contributed by atoms with Crippen LogP contribution >= 0.6 is 0 Å². The van der Waals surface area contributed by atoms with Crippen molar-refractivity contribution < 1.29 is 9.18 Å². The number of rotatable bonds is 5. The lowest BCUT2D eigenvalue weighted by atomic mass is 10.0. The van der Waals surface area contributed by atoms with Gasteiger partial charge in [0.15, 0.2) is 0 Å². The average Bonchev–Trinajstić information content (AvgIpc) is 3.13. The van der Waals surface area contributed by atoms with Crippen LogP contribution in [0.1, 0.15) is 29.4 Å². The van der Waals surface area contributed by atoms with Gasteiger partial charge in [-0.25, -0.2) is 9.37 Å². The van der Waals surface area contributed by atoms with Crippen molar-refractivity contribution in [2.75, 3.05) is 18.0 Å². The molecule has 0 saturated heterocycles. The maximum Gasteiger partial charge on any atom is 0.240 e. The van der Waals surface area contributed by atoms with Gasteiger partial charge in [-0.15, -0.1) is 0 Å². The van der Waals surface area contributed by atoms with Crippen LogP contribution in [0.2, 0.25) is 0 Å². The first-order valence-electron chi connectivity index (χ1n) is 9.47. The number of benzene rings is 2. The summed E-state index contributed by atoms with van der Waals surface area (Å²) in [6.07, 6.45) is 5.60. The van der Waals surface area contributed by atoms with Crippen molar-refractivity contribution in [2.45, 2.75) is 18.9 Å². The number of nitrogens with one attached hydrogen (secondary N) is 1. The van der Waals surface area contributed by atoms with Crippen LogP contribution in [0.25, 0.3) is 0 Å². The summed E-state index contributed by atoms with van der Waals surface area (Å²) in [6.45, 7) is 1.13. The van der Waals surface area contributed by atoms with E-state index in [0.717, 1.165) is 30.6 Å². The molecule has 1 aromatic heterocycles. The molecule has 2 heterocycles. The van der Waals surface area contributed by atoms with E-state index in [1.807, 2.05) is 29.9 Å². The van der Waals surface area contributed by atoms with E-state index in [1.54, 1.807) is 18.3 Å². The number of anilines is 1. The maximum absolute atomic E-state index is 13.4. The standard InChI is InChI=1S/C22H23FN4O/c1-26-14-12-24-22(26)21(17-8-10-18(23)11-9-17)25-20(28)15-27-13-4-6-16-5-2-3-7-19(16)27/h2-3,5,7-12,14,21H,4,6,13,15H2,1H3,(H,25,28). The fraction of sp³-hybridized carbons (Fsp3) is 0.273. The quantitative estimate of drug-likeness (QED) is 0.742. The van der Waals surface area contributed by atoms with Crippen molar-refractivity contribution in [3.05, 3.63) is 83.7 Å². The van der Waals surface area contributed by atoms with Crippen LogP contribution < -0.4 is 10.2 Å². The Morgan fingerprint density at radius 2 is 2.00 bits per heavy atom. The van der Waals surface area contributed by atoms with Gasteiger partial charge in [-0.1, -0.05) is 30.3 Å². The molecule has 0 saturated carbocycles. The Balaban J connectivity index is 1.55. The number of para-hydroxylation sites is 1. The fourth-order valence-corrected chi connectivity index (χ4v) is 3.76. The van der Waals surface area contributed by atoms with E-state index in [-0.39, 0.29) is 18.3 Å². The van der Waals surface area contributed by atoms with Gasteiger partial charge in [-0.05, 0) is 42.2 Å². The largest absolute Gasteiger partial charge is 0.362 e. The number of amides is 1. The zero-order valence-electron chi connectivity index (χ0n) is 15.8. The predicted molar refractivity (Wildman–Crippen MR) is 107 cm³/mol. The monoisotopic (exact) mass is 378 g/mol. The number of aromatic nitrogens is 2. The molecule has 1 aliphatic heterocycles. The van der Waals surface area contributed by atoms with Crippen molar-refractivity contribution in [3.63, 3.8) is 0 Å². The lowest BCUT2D eigenvalue weighted by molar-refractivity contribution is -0.120. The lowest BCUT2D eigenvalue weighted by Crippen LogP contribution is -2.41. The van der Waals surface area contributed by atoms with Crippen molar-refractivity contribution in [3.8, 4) is 0 Å². The van der Waals surface area contributed by atoms with Gasteiger partial charge in [0.2, 0.25) is 5.91 Å². The average molecular weight is 378 g/mol. The van der Waals surface area contributed by atoms with Gasteiger partial charge in [0.25, 0.3) is 0 Å². The minimum Gasteiger partial charge on any atom is -0.362 e. The van der Waals surface area contributed by atoms with Crippen LogP contribution in [0.15, 0.2) is 60.9 Å². The summed E-state index contributed by atoms with van der Waals surface area (Å²) in [7, 11) is 1.88. The highest BCUT2D eigenvalue weighted by Crippen LogP contribution is 2.27. The second-order valence-electron chi connectivity index (χ2n) is 7.10. The first kappa shape index (κ1) is 18.2. The van der Waals surface area contributed by atoms with Gasteiger partial charge >= 0.3 is 0 Å². The normalized spacial score (nSPS) is 14.4. The topological polar surface area (TPSA) is 50.2 Å². The van der Waals surface area contributed by atoms with E-state index < -0.39 is 6.04 Å². The lowest BCUT2D eigenvalue weighted by Gasteiger charge is -2.31. The Morgan fingerprint density at radius 1 is 1.21 bits per heavy atom. The predicted octanol–water partition coefficient (Wildman–Crippen LogP) is 3.22. The number of nitrogens with zero attached hydrogens (tertiary/aromatic N) is 3. The van der Waals surface area contributed by atoms with Gasteiger partial charge in [0.1, 0.15) is 17.7 Å². The maximum atomic E-state index is 13.4. The third-order valence-corrected chi connectivity index (χ3v) is 5.17. The SMILES string of the molecule is Cn1ccnc1C(NC(=O)CN1CCCc2ccccc21)c1ccc(F)cc1. The highest BCUT2D eigenvalue weighted by molar-refractivity contribution is 5.82. The number of aryl methyl sites for hydroxylation is 2. The smallest absolute Gasteiger partial charge is 0.240 e. The van der Waals surface area contributed by atoms with Gasteiger partial charge < -0.3 is 14.8 Å². The summed E-state index contributed by atoms with van der Waals surface area (Å²) in [6, 6.07) is 14.0. The highest BCUT2D eigenvalue weighted by Gasteiger charge is 2.24. The van der Waals surface area contributed by atoms with Gasteiger partial charge in [-0.2, -0.15) is 0 Å². The second-order valence-corrected chi connectivity index (χ2v) is 7.10. The zero-order chi connectivity index (χ0) is 19.5. The molecule has 1 unspecified atom stereocenters. The number of halogens is 1. The molecule has 0 fully saturated rings. The summed E-state index contributed by atoms with van der Waals surface area (Å²) in [5.41, 5.74) is 3.20. The molecule has 1 atom stereocenters. The first-order valence-corrected chi connectivity index (χ1v) is 9.47. The molecule has 4 rings (SSSR count). The number of imidazole rings is 1. The van der Waals surface area contributed by atoms with E-state index in [9.17, 15) is 9.18 Å². The number of carbonyl (C=O) groups excluding carboxylic acids is 1. The minimum absolute atomic E-state index is 0.0889. The summed E-state index contributed by atoms with van der Waals surface area (Å²) in [4.78, 5) is 19.4. The molecule has 0 aliphatic carbocycles. The van der Waals surface area contributed by atoms with Crippen LogP contribution in [0, 0.1) is 5.82 Å². The molecule has 5 nitrogen and oxygen atoms in total. The summed E-state index contributed by atoms with van der Waals surface area (Å²) in [5, 5.41) is 3.09. The third-order valence-electron chi connectivity index (χ3n) is 5.17. The minimum atomic E-state index is -0.437. The van der Waals surface area contributed by atoms with Crippen molar-refractivity contribution in [1.82, 2.24) is 14.9 Å². The molecule has 0 radical (unpaired) electrons. The zero-order valence-corrected chi connectivity index (χ0v) is 15.8. The molecule has 2 aromatic carbocycles. The number of hydrogen-bond donors (Lipinski definition) is 1. The van der Waals surface area contributed by atoms with E-state index in [2.05, 4.69) is 27.3 Å². The Morgan fingerprint density at radius 3 is 2.75 bits per heavy atom. The van der Waals surface area contributed by atoms with Crippen LogP contribution in [0.5, 0.6) is 0 Å². The van der Waals surface area contributed by atoms with Gasteiger partial charge in [0, 0.05) is 31.7 Å². The van der Waals surface area contributed by atoms with Crippen LogP contribution in [0.3, 0.4) is 0 Å². The molecule has 3 aromatic rings. The number of hydrogen-bond acceptors (Lipinski definition) is 3. The molecule has 28 heavy (non-hydrogen) atoms. The third kappa shape index (κ3) is 3.76. The van der Waals surface area contributed by atoms with E-state index in [1.165, 1.54) is 17.7 Å². The number of fused-ring (bicyclic) bond motifs is 1. The Bertz CT molecular complexity index is 967. The first-order chi connectivity index (χ1) is 13.6. The molecular weight excluding hydrogens is 355 g/mol. The molecular formula is C22H23FN4O. The van der Waals surface area contributed by atoms with E-state index in [0.29, 0.717) is 5.82 Å². The summed E-state index contributed by atoms with van der Waals surface area (Å²) in [5.74, 6) is 0.312. The van der Waals surface area contributed by atoms with Crippen LogP contribution in [-0.4, -0.2) is 28.5 Å². The number of carbonyl (C=O) groups is 1. The van der Waals surface area contributed by atoms with Crippen molar-refractivity contribution in [2.24, 2.45) is 7.05 Å². The highest BCUT2D eigenvalue weighted by atomic mass is 19.1. The summed E-state index contributed by atoms with van der Waals surface area (Å²) >= 11 is 0. The van der Waals surface area contributed by atoms with Gasteiger partial charge in [0.05, 0.1) is 6.54 Å². The Labute approximate surface area is 163 Å². The second kappa shape index (κ2) is 7.84. The Kier molecular flexibility index (Phi) is 5.10. The van der Waals surface area contributed by atoms with E-state index >= 15 is 0 Å². The molecule has 0 spiro atoms. The van der Waals surface area contributed by atoms with Crippen LogP contribution in [-0.2, 0) is 18.3 Å². The van der Waals surface area contributed by atoms with Crippen molar-refractivity contribution >= 4 is 11.6 Å². The molecule has 144 valence electrons. The molecule has 1 N–H and O–H groups in total. The Hall–Kier alpha value is -3.15. The molecule has 1 aliphatic rings. The van der Waals surface area contributed by atoms with E-state index in [4.69, 9.17) is 0 Å². The fourth-order valence-electron chi connectivity index (χ4n) is 3.76. The van der Waals surface area contributed by atoms with Crippen molar-refractivity contribution in [1.29, 1.82) is 0 Å².